The van der Waals surface area contributed by atoms with Crippen molar-refractivity contribution in [2.75, 3.05) is 0 Å². The van der Waals surface area contributed by atoms with Gasteiger partial charge in [-0.2, -0.15) is 0 Å². The minimum atomic E-state index is -1.99. The number of aryl methyl sites for hydroxylation is 1. The van der Waals surface area contributed by atoms with Gasteiger partial charge in [0, 0.05) is 24.4 Å². The molecular formula is C20H32N2O3. The average molecular weight is 348 g/mol. The Hall–Kier alpha value is -1.46. The second kappa shape index (κ2) is 8.28. The Morgan fingerprint density at radius 2 is 2.04 bits per heavy atom. The molecule has 5 heteroatoms. The van der Waals surface area contributed by atoms with Crippen LogP contribution in [0.2, 0.25) is 0 Å². The Labute approximate surface area is 150 Å². The van der Waals surface area contributed by atoms with Gasteiger partial charge >= 0.3 is 5.97 Å². The summed E-state index contributed by atoms with van der Waals surface area (Å²) in [6.45, 7) is 5.97. The van der Waals surface area contributed by atoms with Gasteiger partial charge in [0.15, 0.2) is 5.60 Å². The average Bonchev–Trinajstić information content (AvgIpc) is 3.02. The molecule has 25 heavy (non-hydrogen) atoms. The van der Waals surface area contributed by atoms with Gasteiger partial charge in [-0.05, 0) is 48.8 Å². The molecule has 2 rings (SSSR count). The van der Waals surface area contributed by atoms with Crippen LogP contribution >= 0.6 is 0 Å². The highest BCUT2D eigenvalue weighted by Gasteiger charge is 2.43. The number of carboxylic acid groups (broad SMARTS) is 1. The van der Waals surface area contributed by atoms with Crippen LogP contribution in [0.3, 0.4) is 0 Å². The van der Waals surface area contributed by atoms with E-state index in [0.717, 1.165) is 12.0 Å². The van der Waals surface area contributed by atoms with Crippen molar-refractivity contribution in [3.05, 3.63) is 29.1 Å². The van der Waals surface area contributed by atoms with Crippen LogP contribution < -0.4 is 5.73 Å². The summed E-state index contributed by atoms with van der Waals surface area (Å²) in [6.07, 6.45) is 8.29. The highest BCUT2D eigenvalue weighted by molar-refractivity contribution is 5.78. The fourth-order valence-electron chi connectivity index (χ4n) is 3.80. The third-order valence-corrected chi connectivity index (χ3v) is 5.41. The molecule has 0 unspecified atom stereocenters. The number of aromatic nitrogens is 1. The SMILES string of the molecule is Cc1cnc(C[C@](O)(C(=O)O)[C@@H](N)CC(C)C)cc1CC1CCCC1. The molecule has 0 radical (unpaired) electrons. The van der Waals surface area contributed by atoms with Crippen LogP contribution in [0, 0.1) is 18.8 Å². The van der Waals surface area contributed by atoms with E-state index >= 15 is 0 Å². The highest BCUT2D eigenvalue weighted by Crippen LogP contribution is 2.29. The molecule has 5 nitrogen and oxygen atoms in total. The molecule has 1 heterocycles. The number of hydrogen-bond acceptors (Lipinski definition) is 4. The third-order valence-electron chi connectivity index (χ3n) is 5.41. The minimum absolute atomic E-state index is 0.0613. The zero-order valence-corrected chi connectivity index (χ0v) is 15.7. The molecule has 1 aromatic rings. The molecule has 0 saturated heterocycles. The lowest BCUT2D eigenvalue weighted by atomic mass is 9.84. The second-order valence-corrected chi connectivity index (χ2v) is 8.10. The van der Waals surface area contributed by atoms with Gasteiger partial charge in [-0.3, -0.25) is 4.98 Å². The second-order valence-electron chi connectivity index (χ2n) is 8.10. The van der Waals surface area contributed by atoms with Crippen molar-refractivity contribution in [1.29, 1.82) is 0 Å². The molecule has 4 N–H and O–H groups in total. The van der Waals surface area contributed by atoms with E-state index < -0.39 is 17.6 Å². The van der Waals surface area contributed by atoms with Crippen LogP contribution in [0.15, 0.2) is 12.3 Å². The molecule has 1 aliphatic carbocycles. The highest BCUT2D eigenvalue weighted by atomic mass is 16.4. The topological polar surface area (TPSA) is 96.4 Å². The van der Waals surface area contributed by atoms with E-state index in [0.29, 0.717) is 18.0 Å². The Morgan fingerprint density at radius 3 is 2.60 bits per heavy atom. The lowest BCUT2D eigenvalue weighted by Crippen LogP contribution is -2.56. The van der Waals surface area contributed by atoms with Crippen LogP contribution in [-0.4, -0.2) is 32.8 Å². The van der Waals surface area contributed by atoms with E-state index in [4.69, 9.17) is 5.73 Å². The summed E-state index contributed by atoms with van der Waals surface area (Å²) in [7, 11) is 0. The monoisotopic (exact) mass is 348 g/mol. The quantitative estimate of drug-likeness (QED) is 0.671. The van der Waals surface area contributed by atoms with E-state index in [1.54, 1.807) is 6.20 Å². The molecule has 1 aliphatic rings. The van der Waals surface area contributed by atoms with Crippen LogP contribution in [0.25, 0.3) is 0 Å². The lowest BCUT2D eigenvalue weighted by Gasteiger charge is -2.31. The fraction of sp³-hybridized carbons (Fsp3) is 0.700. The van der Waals surface area contributed by atoms with E-state index in [1.165, 1.54) is 31.2 Å². The summed E-state index contributed by atoms with van der Waals surface area (Å²) in [4.78, 5) is 16.1. The molecule has 0 spiro atoms. The molecule has 1 aromatic heterocycles. The van der Waals surface area contributed by atoms with Gasteiger partial charge in [0.25, 0.3) is 0 Å². The molecule has 0 aromatic carbocycles. The largest absolute Gasteiger partial charge is 0.479 e. The van der Waals surface area contributed by atoms with Gasteiger partial charge in [0.2, 0.25) is 0 Å². The summed E-state index contributed by atoms with van der Waals surface area (Å²) in [5, 5.41) is 20.3. The number of pyridine rings is 1. The van der Waals surface area contributed by atoms with Gasteiger partial charge in [0.1, 0.15) is 0 Å². The maximum atomic E-state index is 11.7. The van der Waals surface area contributed by atoms with Gasteiger partial charge in [0.05, 0.1) is 0 Å². The maximum absolute atomic E-state index is 11.7. The van der Waals surface area contributed by atoms with E-state index in [9.17, 15) is 15.0 Å². The summed E-state index contributed by atoms with van der Waals surface area (Å²) < 4.78 is 0. The number of nitrogens with zero attached hydrogens (tertiary/aromatic N) is 1. The number of carboxylic acids is 1. The predicted molar refractivity (Wildman–Crippen MR) is 98.4 cm³/mol. The predicted octanol–water partition coefficient (Wildman–Crippen LogP) is 2.85. The summed E-state index contributed by atoms with van der Waals surface area (Å²) in [5.74, 6) is -0.361. The van der Waals surface area contributed by atoms with Crippen molar-refractivity contribution in [2.24, 2.45) is 17.6 Å². The zero-order valence-electron chi connectivity index (χ0n) is 15.7. The summed E-state index contributed by atoms with van der Waals surface area (Å²) in [6, 6.07) is 1.13. The van der Waals surface area contributed by atoms with Crippen molar-refractivity contribution in [3.8, 4) is 0 Å². The number of aliphatic hydroxyl groups is 1. The van der Waals surface area contributed by atoms with Gasteiger partial charge in [-0.15, -0.1) is 0 Å². The molecule has 1 saturated carbocycles. The van der Waals surface area contributed by atoms with Crippen LogP contribution in [0.1, 0.15) is 62.8 Å². The molecule has 2 atom stereocenters. The molecule has 0 bridgehead atoms. The number of nitrogens with two attached hydrogens (primary N) is 1. The third kappa shape index (κ3) is 5.02. The normalized spacial score (nSPS) is 19.1. The number of aliphatic carboxylic acids is 1. The Kier molecular flexibility index (Phi) is 6.58. The Bertz CT molecular complexity index is 597. The first-order chi connectivity index (χ1) is 11.7. The Balaban J connectivity index is 2.19. The maximum Gasteiger partial charge on any atom is 0.337 e. The summed E-state index contributed by atoms with van der Waals surface area (Å²) >= 11 is 0. The molecule has 140 valence electrons. The van der Waals surface area contributed by atoms with Gasteiger partial charge < -0.3 is 15.9 Å². The van der Waals surface area contributed by atoms with Crippen LogP contribution in [0.5, 0.6) is 0 Å². The van der Waals surface area contributed by atoms with Crippen molar-refractivity contribution < 1.29 is 15.0 Å². The van der Waals surface area contributed by atoms with Crippen molar-refractivity contribution in [1.82, 2.24) is 4.98 Å². The van der Waals surface area contributed by atoms with E-state index in [-0.39, 0.29) is 12.3 Å². The standard InChI is InChI=1S/C20H32N2O3/c1-13(2)8-18(21)20(25,19(23)24)11-17-10-16(14(3)12-22-17)9-15-6-4-5-7-15/h10,12-13,15,18,25H,4-9,11,21H2,1-3H3,(H,23,24)/t18-,20+/m0/s1. The number of carbonyl (C=O) groups is 1. The summed E-state index contributed by atoms with van der Waals surface area (Å²) in [5.41, 5.74) is 6.99. The Morgan fingerprint density at radius 1 is 1.40 bits per heavy atom. The lowest BCUT2D eigenvalue weighted by molar-refractivity contribution is -0.161. The smallest absolute Gasteiger partial charge is 0.337 e. The first-order valence-corrected chi connectivity index (χ1v) is 9.38. The molecule has 0 amide bonds. The van der Waals surface area contributed by atoms with Crippen molar-refractivity contribution in [3.63, 3.8) is 0 Å². The molecule has 0 aliphatic heterocycles. The van der Waals surface area contributed by atoms with Gasteiger partial charge in [-0.1, -0.05) is 39.5 Å². The number of rotatable bonds is 8. The molecular weight excluding hydrogens is 316 g/mol. The van der Waals surface area contributed by atoms with Gasteiger partial charge in [-0.25, -0.2) is 4.79 Å². The van der Waals surface area contributed by atoms with Crippen LogP contribution in [-0.2, 0) is 17.6 Å². The van der Waals surface area contributed by atoms with Crippen molar-refractivity contribution in [2.45, 2.75) is 77.4 Å². The first kappa shape index (κ1) is 19.9. The van der Waals surface area contributed by atoms with E-state index in [2.05, 4.69) is 4.98 Å². The van der Waals surface area contributed by atoms with Crippen LogP contribution in [0.4, 0.5) is 0 Å². The minimum Gasteiger partial charge on any atom is -0.479 e. The molecule has 1 fully saturated rings. The zero-order chi connectivity index (χ0) is 18.6. The van der Waals surface area contributed by atoms with E-state index in [1.807, 2.05) is 26.8 Å². The number of hydrogen-bond donors (Lipinski definition) is 3. The van der Waals surface area contributed by atoms with Crippen molar-refractivity contribution >= 4 is 5.97 Å². The fourth-order valence-corrected chi connectivity index (χ4v) is 3.80. The first-order valence-electron chi connectivity index (χ1n) is 9.38.